The van der Waals surface area contributed by atoms with Crippen molar-refractivity contribution >= 4 is 39.8 Å². The molecule has 10 nitrogen and oxygen atoms in total. The van der Waals surface area contributed by atoms with Crippen LogP contribution in [-0.4, -0.2) is 66.9 Å². The molecule has 5 rings (SSSR count). The predicted molar refractivity (Wildman–Crippen MR) is 130 cm³/mol. The molecule has 0 aromatic carbocycles. The maximum Gasteiger partial charge on any atom is 0.508 e. The van der Waals surface area contributed by atoms with E-state index in [1.807, 2.05) is 13.8 Å². The second-order valence-corrected chi connectivity index (χ2v) is 11.2. The molecule has 2 fully saturated rings. The molecule has 5 atom stereocenters. The number of carbonyl (C=O) groups excluding carboxylic acids is 2. The lowest BCUT2D eigenvalue weighted by Gasteiger charge is -2.52. The molecule has 1 saturated heterocycles. The first-order chi connectivity index (χ1) is 17.2. The fourth-order valence-corrected chi connectivity index (χ4v) is 7.41. The molecule has 2 aromatic rings. The number of nitrogens with zero attached hydrogens (tertiary/aromatic N) is 3. The van der Waals surface area contributed by atoms with E-state index in [2.05, 4.69) is 4.98 Å². The van der Waals surface area contributed by atoms with E-state index in [-0.39, 0.29) is 11.8 Å². The van der Waals surface area contributed by atoms with Crippen molar-refractivity contribution in [3.05, 3.63) is 29.3 Å². The average Bonchev–Trinajstić information content (AvgIpc) is 3.48. The van der Waals surface area contributed by atoms with Gasteiger partial charge in [-0.25, -0.2) is 14.6 Å². The number of aliphatic carboxylic acids is 1. The van der Waals surface area contributed by atoms with Gasteiger partial charge >= 0.3 is 12.1 Å². The van der Waals surface area contributed by atoms with Gasteiger partial charge in [-0.2, -0.15) is 0 Å². The van der Waals surface area contributed by atoms with Crippen molar-refractivity contribution in [3.8, 4) is 0 Å². The summed E-state index contributed by atoms with van der Waals surface area (Å²) in [6, 6.07) is -0.682. The number of aliphatic hydroxyl groups is 1. The van der Waals surface area contributed by atoms with Crippen LogP contribution in [0.25, 0.3) is 10.4 Å². The number of aromatic nitrogens is 2. The minimum absolute atomic E-state index is 0.135. The second-order valence-electron chi connectivity index (χ2n) is 10.1. The average molecular weight is 518 g/mol. The molecule has 2 N–H and O–H groups in total. The maximum atomic E-state index is 13.1. The van der Waals surface area contributed by atoms with Crippen LogP contribution in [0.2, 0.25) is 0 Å². The molecule has 1 unspecified atom stereocenters. The van der Waals surface area contributed by atoms with Crippen molar-refractivity contribution < 1.29 is 34.1 Å². The molecule has 0 bridgehead atoms. The number of β-lactam (4-membered cyclic amide) rings is 1. The largest absolute Gasteiger partial charge is 0.508 e. The molecule has 0 spiro atoms. The molecule has 36 heavy (non-hydrogen) atoms. The predicted octanol–water partition coefficient (Wildman–Crippen LogP) is 3.68. The van der Waals surface area contributed by atoms with Crippen LogP contribution >= 0.6 is 11.3 Å². The van der Waals surface area contributed by atoms with E-state index in [0.29, 0.717) is 16.9 Å². The van der Waals surface area contributed by atoms with Crippen LogP contribution < -0.4 is 0 Å². The first kappa shape index (κ1) is 24.8. The molecule has 194 valence electrons. The maximum absolute atomic E-state index is 13.1. The van der Waals surface area contributed by atoms with Crippen molar-refractivity contribution in [1.82, 2.24) is 14.3 Å². The van der Waals surface area contributed by atoms with Gasteiger partial charge in [0.25, 0.3) is 0 Å². The van der Waals surface area contributed by atoms with Crippen LogP contribution in [0.5, 0.6) is 0 Å². The number of hydrogen-bond acceptors (Lipinski definition) is 8. The van der Waals surface area contributed by atoms with Gasteiger partial charge in [-0.05, 0) is 46.0 Å². The van der Waals surface area contributed by atoms with Gasteiger partial charge in [-0.1, -0.05) is 13.3 Å². The lowest BCUT2D eigenvalue weighted by atomic mass is 9.64. The quantitative estimate of drug-likeness (QED) is 0.420. The highest BCUT2D eigenvalue weighted by atomic mass is 32.1. The number of rotatable bonds is 7. The Balaban J connectivity index is 1.58. The van der Waals surface area contributed by atoms with Crippen molar-refractivity contribution in [2.75, 3.05) is 0 Å². The van der Waals surface area contributed by atoms with Crippen LogP contribution in [-0.2, 0) is 19.1 Å². The van der Waals surface area contributed by atoms with Gasteiger partial charge in [0.1, 0.15) is 22.7 Å². The van der Waals surface area contributed by atoms with E-state index in [0.717, 1.165) is 36.9 Å². The number of carboxylic acid groups (broad SMARTS) is 1. The zero-order valence-electron chi connectivity index (χ0n) is 20.5. The van der Waals surface area contributed by atoms with Gasteiger partial charge in [0.15, 0.2) is 0 Å². The SMILES string of the molecule is CCC(OC(=O)OC1CCCCC1)[C@@]1(C)C(c2cn3cncc3s2)=C(C(=O)O)N2C(=O)[C@H]([C@@H](C)O)[C@@H]21. The second kappa shape index (κ2) is 9.19. The highest BCUT2D eigenvalue weighted by Gasteiger charge is 2.69. The smallest absolute Gasteiger partial charge is 0.477 e. The van der Waals surface area contributed by atoms with E-state index < -0.39 is 47.6 Å². The number of carboxylic acids is 1. The van der Waals surface area contributed by atoms with Gasteiger partial charge in [0.2, 0.25) is 5.91 Å². The van der Waals surface area contributed by atoms with Gasteiger partial charge in [0.05, 0.1) is 40.9 Å². The number of ether oxygens (including phenoxy) is 2. The third-order valence-electron chi connectivity index (χ3n) is 7.94. The Morgan fingerprint density at radius 3 is 2.64 bits per heavy atom. The number of hydrogen-bond donors (Lipinski definition) is 2. The lowest BCUT2D eigenvalue weighted by molar-refractivity contribution is -0.171. The van der Waals surface area contributed by atoms with Crippen LogP contribution in [0.3, 0.4) is 0 Å². The highest BCUT2D eigenvalue weighted by molar-refractivity contribution is 7.18. The van der Waals surface area contributed by atoms with Gasteiger partial charge < -0.3 is 24.6 Å². The fraction of sp³-hybridized carbons (Fsp3) is 0.600. The summed E-state index contributed by atoms with van der Waals surface area (Å²) in [4.78, 5) is 45.4. The minimum atomic E-state index is -1.24. The van der Waals surface area contributed by atoms with Crippen molar-refractivity contribution in [2.45, 2.75) is 83.6 Å². The normalized spacial score (nSPS) is 28.1. The summed E-state index contributed by atoms with van der Waals surface area (Å²) in [7, 11) is 0. The minimum Gasteiger partial charge on any atom is -0.477 e. The van der Waals surface area contributed by atoms with E-state index in [4.69, 9.17) is 9.47 Å². The molecule has 2 aromatic heterocycles. The Kier molecular flexibility index (Phi) is 6.32. The van der Waals surface area contributed by atoms with E-state index in [9.17, 15) is 24.6 Å². The van der Waals surface area contributed by atoms with Crippen molar-refractivity contribution in [1.29, 1.82) is 0 Å². The van der Waals surface area contributed by atoms with Crippen LogP contribution in [0, 0.1) is 11.3 Å². The highest BCUT2D eigenvalue weighted by Crippen LogP contribution is 2.60. The van der Waals surface area contributed by atoms with Gasteiger partial charge in [-0.15, -0.1) is 11.3 Å². The van der Waals surface area contributed by atoms with Crippen LogP contribution in [0.15, 0.2) is 24.4 Å². The Hall–Kier alpha value is -2.92. The van der Waals surface area contributed by atoms with Crippen molar-refractivity contribution in [2.24, 2.45) is 11.3 Å². The van der Waals surface area contributed by atoms with E-state index in [1.165, 1.54) is 23.2 Å². The number of amides is 1. The summed E-state index contributed by atoms with van der Waals surface area (Å²) in [6.45, 7) is 5.21. The summed E-state index contributed by atoms with van der Waals surface area (Å²) in [5.74, 6) is -2.51. The van der Waals surface area contributed by atoms with Crippen molar-refractivity contribution in [3.63, 3.8) is 0 Å². The van der Waals surface area contributed by atoms with Crippen LogP contribution in [0.1, 0.15) is 64.2 Å². The molecule has 1 saturated carbocycles. The summed E-state index contributed by atoms with van der Waals surface area (Å²) in [5.41, 5.74) is -0.813. The topological polar surface area (TPSA) is 131 Å². The molecule has 1 aliphatic carbocycles. The fourth-order valence-electron chi connectivity index (χ4n) is 6.28. The number of aliphatic hydroxyl groups excluding tert-OH is 1. The molecular formula is C25H31N3O7S. The lowest BCUT2D eigenvalue weighted by Crippen LogP contribution is -2.68. The Morgan fingerprint density at radius 1 is 1.31 bits per heavy atom. The number of fused-ring (bicyclic) bond motifs is 2. The molecular weight excluding hydrogens is 486 g/mol. The third kappa shape index (κ3) is 3.71. The first-order valence-electron chi connectivity index (χ1n) is 12.5. The molecule has 4 heterocycles. The first-order valence-corrected chi connectivity index (χ1v) is 13.3. The van der Waals surface area contributed by atoms with Gasteiger partial charge in [0, 0.05) is 11.8 Å². The number of imidazole rings is 1. The van der Waals surface area contributed by atoms with E-state index >= 15 is 0 Å². The Labute approximate surface area is 212 Å². The summed E-state index contributed by atoms with van der Waals surface area (Å²) in [5, 5.41) is 20.7. The van der Waals surface area contributed by atoms with Gasteiger partial charge in [-0.3, -0.25) is 9.20 Å². The Bertz CT molecular complexity index is 1200. The number of carbonyl (C=O) groups is 3. The monoisotopic (exact) mass is 517 g/mol. The zero-order valence-corrected chi connectivity index (χ0v) is 21.4. The molecule has 1 amide bonds. The Morgan fingerprint density at radius 2 is 2.03 bits per heavy atom. The molecule has 3 aliphatic rings. The summed E-state index contributed by atoms with van der Waals surface area (Å²) >= 11 is 1.35. The molecule has 0 radical (unpaired) electrons. The molecule has 2 aliphatic heterocycles. The molecule has 11 heteroatoms. The summed E-state index contributed by atoms with van der Waals surface area (Å²) in [6.07, 6.45) is 7.38. The third-order valence-corrected chi connectivity index (χ3v) is 8.99. The van der Waals surface area contributed by atoms with Crippen LogP contribution in [0.4, 0.5) is 4.79 Å². The summed E-state index contributed by atoms with van der Waals surface area (Å²) < 4.78 is 13.3. The van der Waals surface area contributed by atoms with E-state index in [1.54, 1.807) is 23.1 Å². The number of thiazole rings is 1. The zero-order chi connectivity index (χ0) is 25.8. The standard InChI is InChI=1S/C25H31N3O7S/c1-4-16(35-24(33)34-14-8-6-5-7-9-14)25(3)19(15-11-27-12-26-10-17(27)36-15)20(23(31)32)28-21(25)18(13(2)29)22(28)30/h10-14,16,18,21,29H,4-9H2,1-3H3,(H,31,32)/t13-,16?,18-,21-,25+/m1/s1.